The van der Waals surface area contributed by atoms with E-state index >= 15 is 0 Å². The summed E-state index contributed by atoms with van der Waals surface area (Å²) in [5, 5.41) is 16.3. The van der Waals surface area contributed by atoms with Gasteiger partial charge in [-0.1, -0.05) is 13.8 Å². The van der Waals surface area contributed by atoms with Crippen molar-refractivity contribution >= 4 is 5.91 Å². The number of nitrogens with zero attached hydrogens (tertiary/aromatic N) is 2. The minimum Gasteiger partial charge on any atom is -0.393 e. The van der Waals surface area contributed by atoms with Crippen LogP contribution in [0.4, 0.5) is 0 Å². The Hall–Kier alpha value is -1.36. The largest absolute Gasteiger partial charge is 0.393 e. The molecule has 0 bridgehead atoms. The van der Waals surface area contributed by atoms with Gasteiger partial charge in [-0.3, -0.25) is 9.48 Å². The molecule has 0 aromatic carbocycles. The molecule has 1 unspecified atom stereocenters. The second-order valence-electron chi connectivity index (χ2n) is 4.82. The van der Waals surface area contributed by atoms with Gasteiger partial charge in [0.2, 0.25) is 0 Å². The maximum atomic E-state index is 12.0. The Morgan fingerprint density at radius 3 is 2.67 bits per heavy atom. The third kappa shape index (κ3) is 3.84. The van der Waals surface area contributed by atoms with Crippen molar-refractivity contribution in [2.75, 3.05) is 6.54 Å². The van der Waals surface area contributed by atoms with Crippen LogP contribution in [0.1, 0.15) is 56.2 Å². The Balaban J connectivity index is 2.72. The van der Waals surface area contributed by atoms with Gasteiger partial charge in [0.05, 0.1) is 11.8 Å². The van der Waals surface area contributed by atoms with E-state index in [-0.39, 0.29) is 5.91 Å². The molecule has 1 amide bonds. The molecule has 0 radical (unpaired) electrons. The lowest BCUT2D eigenvalue weighted by molar-refractivity contribution is 0.0935. The van der Waals surface area contributed by atoms with Gasteiger partial charge in [0, 0.05) is 13.1 Å². The maximum Gasteiger partial charge on any atom is 0.269 e. The summed E-state index contributed by atoms with van der Waals surface area (Å²) in [4.78, 5) is 12.0. The molecule has 0 spiro atoms. The third-order valence-corrected chi connectivity index (χ3v) is 2.77. The van der Waals surface area contributed by atoms with Gasteiger partial charge in [-0.15, -0.1) is 0 Å². The molecule has 1 atom stereocenters. The maximum absolute atomic E-state index is 12.0. The molecule has 1 heterocycles. The highest BCUT2D eigenvalue weighted by molar-refractivity contribution is 5.92. The second-order valence-corrected chi connectivity index (χ2v) is 4.82. The zero-order valence-electron chi connectivity index (χ0n) is 11.6. The average Bonchev–Trinajstić information content (AvgIpc) is 2.72. The van der Waals surface area contributed by atoms with Crippen molar-refractivity contribution in [2.45, 2.75) is 52.7 Å². The molecule has 2 N–H and O–H groups in total. The number of rotatable bonds is 6. The molecule has 102 valence electrons. The van der Waals surface area contributed by atoms with Gasteiger partial charge < -0.3 is 10.4 Å². The van der Waals surface area contributed by atoms with Crippen LogP contribution in [0.15, 0.2) is 6.07 Å². The molecule has 0 aliphatic heterocycles. The minimum atomic E-state index is -0.396. The number of nitrogens with one attached hydrogen (secondary N) is 1. The first-order chi connectivity index (χ1) is 8.45. The number of amides is 1. The fraction of sp³-hybridized carbons (Fsp3) is 0.692. The number of hydrogen-bond acceptors (Lipinski definition) is 3. The normalized spacial score (nSPS) is 12.8. The van der Waals surface area contributed by atoms with Gasteiger partial charge in [0.1, 0.15) is 5.69 Å². The fourth-order valence-electron chi connectivity index (χ4n) is 1.63. The molecule has 0 fully saturated rings. The first-order valence-electron chi connectivity index (χ1n) is 6.49. The highest BCUT2D eigenvalue weighted by Gasteiger charge is 2.15. The summed E-state index contributed by atoms with van der Waals surface area (Å²) in [6.45, 7) is 8.92. The number of carbonyl (C=O) groups excluding carboxylic acids is 1. The van der Waals surface area contributed by atoms with Gasteiger partial charge in [0.25, 0.3) is 5.91 Å². The summed E-state index contributed by atoms with van der Waals surface area (Å²) in [5.74, 6) is 0.179. The van der Waals surface area contributed by atoms with E-state index in [0.29, 0.717) is 31.1 Å². The number of aromatic nitrogens is 2. The Morgan fingerprint density at radius 2 is 2.17 bits per heavy atom. The fourth-order valence-corrected chi connectivity index (χ4v) is 1.63. The van der Waals surface area contributed by atoms with E-state index in [1.807, 2.05) is 13.0 Å². The summed E-state index contributed by atoms with van der Waals surface area (Å²) in [6.07, 6.45) is 0.163. The molecular weight excluding hydrogens is 230 g/mol. The van der Waals surface area contributed by atoms with Crippen LogP contribution >= 0.6 is 0 Å². The molecule has 1 aromatic rings. The third-order valence-electron chi connectivity index (χ3n) is 2.77. The van der Waals surface area contributed by atoms with Crippen LogP contribution in [0.25, 0.3) is 0 Å². The quantitative estimate of drug-likeness (QED) is 0.808. The van der Waals surface area contributed by atoms with Crippen molar-refractivity contribution in [2.24, 2.45) is 0 Å². The van der Waals surface area contributed by atoms with Crippen LogP contribution in [-0.2, 0) is 6.54 Å². The first kappa shape index (κ1) is 14.7. The standard InChI is InChI=1S/C13H23N3O2/c1-5-16-12(8-11(15-16)9(2)3)13(18)14-7-6-10(4)17/h8-10,17H,5-7H2,1-4H3,(H,14,18). The predicted molar refractivity (Wildman–Crippen MR) is 70.6 cm³/mol. The van der Waals surface area contributed by atoms with E-state index < -0.39 is 6.10 Å². The summed E-state index contributed by atoms with van der Waals surface area (Å²) in [7, 11) is 0. The van der Waals surface area contributed by atoms with Crippen molar-refractivity contribution in [1.29, 1.82) is 0 Å². The van der Waals surface area contributed by atoms with Crippen LogP contribution in [0, 0.1) is 0 Å². The van der Waals surface area contributed by atoms with E-state index in [4.69, 9.17) is 5.11 Å². The van der Waals surface area contributed by atoms with Crippen LogP contribution < -0.4 is 5.32 Å². The molecule has 18 heavy (non-hydrogen) atoms. The van der Waals surface area contributed by atoms with E-state index in [2.05, 4.69) is 24.3 Å². The molecular formula is C13H23N3O2. The smallest absolute Gasteiger partial charge is 0.269 e. The predicted octanol–water partition coefficient (Wildman–Crippen LogP) is 1.53. The van der Waals surface area contributed by atoms with Crippen LogP contribution in [-0.4, -0.2) is 33.4 Å². The van der Waals surface area contributed by atoms with Crippen LogP contribution in [0.2, 0.25) is 0 Å². The number of aliphatic hydroxyl groups is 1. The van der Waals surface area contributed by atoms with Crippen LogP contribution in [0.3, 0.4) is 0 Å². The van der Waals surface area contributed by atoms with Crippen molar-refractivity contribution < 1.29 is 9.90 Å². The Labute approximate surface area is 108 Å². The Morgan fingerprint density at radius 1 is 1.50 bits per heavy atom. The van der Waals surface area contributed by atoms with Gasteiger partial charge in [-0.05, 0) is 32.3 Å². The Kier molecular flexibility index (Phi) is 5.34. The summed E-state index contributed by atoms with van der Waals surface area (Å²) >= 11 is 0. The van der Waals surface area contributed by atoms with Crippen molar-refractivity contribution in [3.8, 4) is 0 Å². The molecule has 1 aromatic heterocycles. The lowest BCUT2D eigenvalue weighted by Gasteiger charge is -2.07. The van der Waals surface area contributed by atoms with Crippen molar-refractivity contribution in [3.63, 3.8) is 0 Å². The highest BCUT2D eigenvalue weighted by Crippen LogP contribution is 2.14. The lowest BCUT2D eigenvalue weighted by Crippen LogP contribution is -2.28. The lowest BCUT2D eigenvalue weighted by atomic mass is 10.1. The van der Waals surface area contributed by atoms with E-state index in [9.17, 15) is 4.79 Å². The average molecular weight is 253 g/mol. The van der Waals surface area contributed by atoms with Gasteiger partial charge in [0.15, 0.2) is 0 Å². The molecule has 1 rings (SSSR count). The number of aryl methyl sites for hydroxylation is 1. The van der Waals surface area contributed by atoms with Crippen molar-refractivity contribution in [3.05, 3.63) is 17.5 Å². The summed E-state index contributed by atoms with van der Waals surface area (Å²) in [5.41, 5.74) is 1.52. The minimum absolute atomic E-state index is 0.128. The first-order valence-corrected chi connectivity index (χ1v) is 6.49. The molecule has 5 nitrogen and oxygen atoms in total. The molecule has 0 aliphatic rings. The Bertz CT molecular complexity index is 397. The second kappa shape index (κ2) is 6.54. The highest BCUT2D eigenvalue weighted by atomic mass is 16.3. The number of aliphatic hydroxyl groups excluding tert-OH is 1. The molecule has 5 heteroatoms. The zero-order chi connectivity index (χ0) is 13.7. The van der Waals surface area contributed by atoms with Gasteiger partial charge in [-0.25, -0.2) is 0 Å². The molecule has 0 aliphatic carbocycles. The summed E-state index contributed by atoms with van der Waals surface area (Å²) < 4.78 is 1.72. The monoisotopic (exact) mass is 253 g/mol. The van der Waals surface area contributed by atoms with Crippen LogP contribution in [0.5, 0.6) is 0 Å². The topological polar surface area (TPSA) is 67.2 Å². The number of hydrogen-bond donors (Lipinski definition) is 2. The SMILES string of the molecule is CCn1nc(C(C)C)cc1C(=O)NCCC(C)O. The van der Waals surface area contributed by atoms with E-state index in [1.54, 1.807) is 11.6 Å². The molecule has 0 saturated carbocycles. The van der Waals surface area contributed by atoms with Gasteiger partial charge in [-0.2, -0.15) is 5.10 Å². The van der Waals surface area contributed by atoms with Gasteiger partial charge >= 0.3 is 0 Å². The summed E-state index contributed by atoms with van der Waals surface area (Å²) in [6, 6.07) is 1.84. The van der Waals surface area contributed by atoms with E-state index in [1.165, 1.54) is 0 Å². The zero-order valence-corrected chi connectivity index (χ0v) is 11.6. The van der Waals surface area contributed by atoms with E-state index in [0.717, 1.165) is 5.69 Å². The molecule has 0 saturated heterocycles. The van der Waals surface area contributed by atoms with Crippen molar-refractivity contribution in [1.82, 2.24) is 15.1 Å². The number of carbonyl (C=O) groups is 1.